The van der Waals surface area contributed by atoms with E-state index in [-0.39, 0.29) is 0 Å². The topological polar surface area (TPSA) is 68.8 Å². The molecule has 2 aliphatic rings. The van der Waals surface area contributed by atoms with Crippen molar-refractivity contribution in [1.29, 1.82) is 0 Å². The smallest absolute Gasteiger partial charge is 0.315 e. The Kier molecular flexibility index (Phi) is 4.93. The molecule has 0 spiro atoms. The lowest BCUT2D eigenvalue weighted by molar-refractivity contribution is -0.144. The first-order chi connectivity index (χ1) is 11.1. The molecule has 1 aromatic rings. The average molecular weight is 337 g/mol. The number of carbonyl (C=O) groups excluding carboxylic acids is 2. The van der Waals surface area contributed by atoms with Crippen LogP contribution in [0.15, 0.2) is 0 Å². The molecular formula is C15H23N5O2S. The Morgan fingerprint density at radius 2 is 1.96 bits per heavy atom. The number of carbonyl (C=O) groups is 2. The maximum absolute atomic E-state index is 12.3. The molecule has 0 unspecified atom stereocenters. The van der Waals surface area contributed by atoms with Crippen LogP contribution in [0.2, 0.25) is 0 Å². The molecule has 3 rings (SSSR count). The molecule has 2 amide bonds. The van der Waals surface area contributed by atoms with E-state index < -0.39 is 11.8 Å². The van der Waals surface area contributed by atoms with Crippen molar-refractivity contribution in [1.82, 2.24) is 19.7 Å². The first-order valence-electron chi connectivity index (χ1n) is 8.06. The van der Waals surface area contributed by atoms with Gasteiger partial charge in [0.1, 0.15) is 0 Å². The van der Waals surface area contributed by atoms with Crippen LogP contribution in [0.25, 0.3) is 0 Å². The van der Waals surface area contributed by atoms with Crippen LogP contribution in [0, 0.1) is 0 Å². The van der Waals surface area contributed by atoms with Gasteiger partial charge in [0.25, 0.3) is 0 Å². The number of nitrogens with zero attached hydrogens (tertiary/aromatic N) is 4. The Hall–Kier alpha value is -1.51. The predicted octanol–water partition coefficient (Wildman–Crippen LogP) is 0.234. The van der Waals surface area contributed by atoms with Crippen LogP contribution in [-0.2, 0) is 22.6 Å². The number of hydrogen-bond acceptors (Lipinski definition) is 6. The summed E-state index contributed by atoms with van der Waals surface area (Å²) in [4.78, 5) is 36.2. The summed E-state index contributed by atoms with van der Waals surface area (Å²) in [5, 5.41) is 3.22. The van der Waals surface area contributed by atoms with Crippen molar-refractivity contribution >= 4 is 28.3 Å². The van der Waals surface area contributed by atoms with Crippen molar-refractivity contribution in [3.8, 4) is 0 Å². The minimum atomic E-state index is -0.575. The third kappa shape index (κ3) is 3.70. The number of aromatic nitrogens is 1. The summed E-state index contributed by atoms with van der Waals surface area (Å²) in [5.74, 6) is -1.03. The molecule has 1 aromatic heterocycles. The number of likely N-dealkylation sites (N-methyl/N-ethyl adjacent to an activating group) is 2. The van der Waals surface area contributed by atoms with E-state index in [0.717, 1.165) is 44.8 Å². The quantitative estimate of drug-likeness (QED) is 0.783. The van der Waals surface area contributed by atoms with E-state index in [2.05, 4.69) is 34.1 Å². The summed E-state index contributed by atoms with van der Waals surface area (Å²) in [6.45, 7) is 7.79. The molecule has 0 saturated carbocycles. The average Bonchev–Trinajstić information content (AvgIpc) is 2.95. The molecule has 0 aliphatic carbocycles. The molecule has 23 heavy (non-hydrogen) atoms. The summed E-state index contributed by atoms with van der Waals surface area (Å²) in [5.41, 5.74) is 1.05. The second kappa shape index (κ2) is 6.94. The van der Waals surface area contributed by atoms with Gasteiger partial charge in [0.2, 0.25) is 0 Å². The highest BCUT2D eigenvalue weighted by atomic mass is 32.1. The van der Waals surface area contributed by atoms with Crippen LogP contribution in [0.5, 0.6) is 0 Å². The lowest BCUT2D eigenvalue weighted by Gasteiger charge is -2.33. The molecule has 0 atom stereocenters. The van der Waals surface area contributed by atoms with Crippen molar-refractivity contribution in [2.24, 2.45) is 0 Å². The highest BCUT2D eigenvalue weighted by Gasteiger charge is 2.27. The highest BCUT2D eigenvalue weighted by molar-refractivity contribution is 7.16. The summed E-state index contributed by atoms with van der Waals surface area (Å²) < 4.78 is 0. The molecule has 2 aliphatic heterocycles. The molecule has 7 nitrogen and oxygen atoms in total. The molecule has 0 aromatic carbocycles. The fourth-order valence-corrected chi connectivity index (χ4v) is 4.02. The van der Waals surface area contributed by atoms with Crippen LogP contribution in [0.1, 0.15) is 17.5 Å². The summed E-state index contributed by atoms with van der Waals surface area (Å²) in [6.07, 6.45) is 0.894. The van der Waals surface area contributed by atoms with E-state index in [9.17, 15) is 9.59 Å². The van der Waals surface area contributed by atoms with Crippen LogP contribution in [0.4, 0.5) is 5.13 Å². The van der Waals surface area contributed by atoms with Crippen molar-refractivity contribution in [2.45, 2.75) is 19.9 Å². The second-order valence-electron chi connectivity index (χ2n) is 6.06. The van der Waals surface area contributed by atoms with Crippen LogP contribution in [-0.4, -0.2) is 77.8 Å². The number of amides is 2. The number of piperazine rings is 1. The van der Waals surface area contributed by atoms with E-state index >= 15 is 0 Å². The van der Waals surface area contributed by atoms with Gasteiger partial charge in [-0.1, -0.05) is 6.92 Å². The molecule has 1 fully saturated rings. The summed E-state index contributed by atoms with van der Waals surface area (Å²) >= 11 is 1.47. The lowest BCUT2D eigenvalue weighted by atomic mass is 10.2. The number of fused-ring (bicyclic) bond motifs is 1. The second-order valence-corrected chi connectivity index (χ2v) is 7.14. The zero-order chi connectivity index (χ0) is 16.4. The third-order valence-corrected chi connectivity index (χ3v) is 5.44. The molecule has 1 N–H and O–H groups in total. The standard InChI is InChI=1S/C15H23N5O2S/c1-3-19-6-8-20(9-7-19)14(22)13(21)17-15-16-11-4-5-18(2)10-12(11)23-15/h3-10H2,1-2H3,(H,16,17,21). The van der Waals surface area contributed by atoms with Gasteiger partial charge in [0, 0.05) is 50.6 Å². The van der Waals surface area contributed by atoms with E-state index in [1.54, 1.807) is 4.90 Å². The zero-order valence-electron chi connectivity index (χ0n) is 13.7. The number of rotatable bonds is 2. The maximum atomic E-state index is 12.3. The summed E-state index contributed by atoms with van der Waals surface area (Å²) in [7, 11) is 2.07. The zero-order valence-corrected chi connectivity index (χ0v) is 14.5. The highest BCUT2D eigenvalue weighted by Crippen LogP contribution is 2.27. The number of hydrogen-bond donors (Lipinski definition) is 1. The van der Waals surface area contributed by atoms with E-state index in [0.29, 0.717) is 18.2 Å². The van der Waals surface area contributed by atoms with Crippen molar-refractivity contribution < 1.29 is 9.59 Å². The molecule has 0 radical (unpaired) electrons. The van der Waals surface area contributed by atoms with Crippen molar-refractivity contribution in [2.75, 3.05) is 51.6 Å². The first kappa shape index (κ1) is 16.4. The van der Waals surface area contributed by atoms with E-state index in [1.165, 1.54) is 16.2 Å². The Bertz CT molecular complexity index is 595. The molecule has 8 heteroatoms. The van der Waals surface area contributed by atoms with Crippen molar-refractivity contribution in [3.63, 3.8) is 0 Å². The normalized spacial score (nSPS) is 19.5. The van der Waals surface area contributed by atoms with Crippen LogP contribution >= 0.6 is 11.3 Å². The Morgan fingerprint density at radius 1 is 1.22 bits per heavy atom. The van der Waals surface area contributed by atoms with Crippen LogP contribution in [0.3, 0.4) is 0 Å². The van der Waals surface area contributed by atoms with Gasteiger partial charge in [-0.15, -0.1) is 11.3 Å². The minimum absolute atomic E-state index is 0.453. The Labute approximate surface area is 140 Å². The SMILES string of the molecule is CCN1CCN(C(=O)C(=O)Nc2nc3c(s2)CN(C)CC3)CC1. The van der Waals surface area contributed by atoms with Gasteiger partial charge in [-0.3, -0.25) is 14.9 Å². The van der Waals surface area contributed by atoms with Gasteiger partial charge in [-0.2, -0.15) is 0 Å². The minimum Gasteiger partial charge on any atom is -0.332 e. The largest absolute Gasteiger partial charge is 0.332 e. The van der Waals surface area contributed by atoms with Gasteiger partial charge in [0.15, 0.2) is 5.13 Å². The van der Waals surface area contributed by atoms with Crippen LogP contribution < -0.4 is 5.32 Å². The Balaban J connectivity index is 1.58. The van der Waals surface area contributed by atoms with Crippen molar-refractivity contribution in [3.05, 3.63) is 10.6 Å². The monoisotopic (exact) mass is 337 g/mol. The molecule has 126 valence electrons. The molecule has 1 saturated heterocycles. The molecule has 0 bridgehead atoms. The Morgan fingerprint density at radius 3 is 2.65 bits per heavy atom. The van der Waals surface area contributed by atoms with Gasteiger partial charge in [-0.25, -0.2) is 4.98 Å². The number of anilines is 1. The van der Waals surface area contributed by atoms with Gasteiger partial charge < -0.3 is 14.7 Å². The maximum Gasteiger partial charge on any atom is 0.315 e. The number of nitrogens with one attached hydrogen (secondary N) is 1. The lowest BCUT2D eigenvalue weighted by Crippen LogP contribution is -2.51. The first-order valence-corrected chi connectivity index (χ1v) is 8.88. The summed E-state index contributed by atoms with van der Waals surface area (Å²) in [6, 6.07) is 0. The van der Waals surface area contributed by atoms with Gasteiger partial charge in [-0.05, 0) is 13.6 Å². The van der Waals surface area contributed by atoms with E-state index in [1.807, 2.05) is 0 Å². The predicted molar refractivity (Wildman–Crippen MR) is 89.5 cm³/mol. The van der Waals surface area contributed by atoms with Gasteiger partial charge >= 0.3 is 11.8 Å². The third-order valence-electron chi connectivity index (χ3n) is 4.44. The fraction of sp³-hybridized carbons (Fsp3) is 0.667. The van der Waals surface area contributed by atoms with E-state index in [4.69, 9.17) is 0 Å². The van der Waals surface area contributed by atoms with Gasteiger partial charge in [0.05, 0.1) is 5.69 Å². The number of thiazole rings is 1. The molecule has 3 heterocycles. The fourth-order valence-electron chi connectivity index (χ4n) is 2.94. The molecular weight excluding hydrogens is 314 g/mol.